The van der Waals surface area contributed by atoms with Crippen LogP contribution in [0, 0.1) is 6.92 Å². The summed E-state index contributed by atoms with van der Waals surface area (Å²) in [6.45, 7) is 1.93. The first-order chi connectivity index (χ1) is 13.0. The van der Waals surface area contributed by atoms with Gasteiger partial charge in [-0.2, -0.15) is 5.10 Å². The molecule has 2 heterocycles. The number of aryl methyl sites for hydroxylation is 1. The van der Waals surface area contributed by atoms with Crippen LogP contribution >= 0.6 is 11.6 Å². The zero-order valence-electron chi connectivity index (χ0n) is 14.9. The van der Waals surface area contributed by atoms with Gasteiger partial charge in [0.25, 0.3) is 0 Å². The molecule has 0 bridgehead atoms. The number of H-pyrrole nitrogens is 1. The minimum Gasteiger partial charge on any atom is -0.497 e. The molecule has 0 spiro atoms. The molecule has 7 heteroatoms. The smallest absolute Gasteiger partial charge is 0.153 e. The van der Waals surface area contributed by atoms with Gasteiger partial charge in [-0.25, -0.2) is 4.98 Å². The lowest BCUT2D eigenvalue weighted by molar-refractivity contribution is 0.415. The molecule has 0 atom stereocenters. The molecule has 0 unspecified atom stereocenters. The van der Waals surface area contributed by atoms with E-state index in [0.717, 1.165) is 33.3 Å². The number of aromatic nitrogens is 3. The van der Waals surface area contributed by atoms with E-state index in [9.17, 15) is 0 Å². The molecule has 0 fully saturated rings. The number of ether oxygens (including phenoxy) is 1. The van der Waals surface area contributed by atoms with E-state index in [1.165, 1.54) is 0 Å². The molecule has 4 N–H and O–H groups in total. The van der Waals surface area contributed by atoms with Crippen molar-refractivity contribution in [3.05, 3.63) is 59.2 Å². The molecule has 0 aliphatic heterocycles. The van der Waals surface area contributed by atoms with Gasteiger partial charge in [0.1, 0.15) is 17.4 Å². The van der Waals surface area contributed by atoms with Gasteiger partial charge in [0, 0.05) is 33.1 Å². The number of halogens is 1. The maximum Gasteiger partial charge on any atom is 0.153 e. The molecule has 4 rings (SSSR count). The molecule has 0 amide bonds. The fourth-order valence-electron chi connectivity index (χ4n) is 3.07. The number of hydrogen-bond acceptors (Lipinski definition) is 5. The van der Waals surface area contributed by atoms with Crippen molar-refractivity contribution in [1.29, 1.82) is 0 Å². The van der Waals surface area contributed by atoms with Gasteiger partial charge in [0.05, 0.1) is 7.11 Å². The van der Waals surface area contributed by atoms with E-state index in [1.54, 1.807) is 7.11 Å². The number of fused-ring (bicyclic) bond motifs is 1. The number of anilines is 3. The summed E-state index contributed by atoms with van der Waals surface area (Å²) in [7, 11) is 1.64. The second kappa shape index (κ2) is 6.81. The van der Waals surface area contributed by atoms with Crippen molar-refractivity contribution in [1.82, 2.24) is 15.2 Å². The van der Waals surface area contributed by atoms with Crippen molar-refractivity contribution < 1.29 is 4.74 Å². The summed E-state index contributed by atoms with van der Waals surface area (Å²) in [5.41, 5.74) is 8.98. The highest BCUT2D eigenvalue weighted by molar-refractivity contribution is 6.31. The van der Waals surface area contributed by atoms with Crippen LogP contribution in [0.1, 0.15) is 5.69 Å². The predicted octanol–water partition coefficient (Wildman–Crippen LogP) is 4.92. The standard InChI is InChI=1S/C20H18ClN5O/c1-11-8-17(26-25-11)23-20-18(12-4-3-5-13(21)9-12)16-10-14(27-2)6-7-15(16)19(22)24-20/h3-10H,1-2H3,(H4,22,23,24,25,26). The average Bonchev–Trinajstić information content (AvgIpc) is 3.06. The first-order valence-corrected chi connectivity index (χ1v) is 8.75. The Bertz CT molecular complexity index is 1140. The summed E-state index contributed by atoms with van der Waals surface area (Å²) in [4.78, 5) is 4.60. The molecule has 2 aromatic carbocycles. The monoisotopic (exact) mass is 379 g/mol. The normalized spacial score (nSPS) is 10.9. The Balaban J connectivity index is 2.01. The van der Waals surface area contributed by atoms with Crippen molar-refractivity contribution in [2.24, 2.45) is 0 Å². The van der Waals surface area contributed by atoms with Crippen molar-refractivity contribution in [3.63, 3.8) is 0 Å². The maximum atomic E-state index is 6.24. The third kappa shape index (κ3) is 3.27. The number of benzene rings is 2. The van der Waals surface area contributed by atoms with Crippen molar-refractivity contribution in [2.75, 3.05) is 18.2 Å². The number of hydrogen-bond donors (Lipinski definition) is 3. The summed E-state index contributed by atoms with van der Waals surface area (Å²) in [5.74, 6) is 2.41. The van der Waals surface area contributed by atoms with Crippen molar-refractivity contribution in [3.8, 4) is 16.9 Å². The second-order valence-corrected chi connectivity index (χ2v) is 6.64. The Morgan fingerprint density at radius 2 is 1.96 bits per heavy atom. The van der Waals surface area contributed by atoms with Crippen LogP contribution in [0.4, 0.5) is 17.5 Å². The molecule has 136 valence electrons. The first-order valence-electron chi connectivity index (χ1n) is 8.37. The third-order valence-electron chi connectivity index (χ3n) is 4.31. The lowest BCUT2D eigenvalue weighted by atomic mass is 9.98. The van der Waals surface area contributed by atoms with E-state index in [0.29, 0.717) is 22.5 Å². The molecule has 0 radical (unpaired) electrons. The predicted molar refractivity (Wildman–Crippen MR) is 110 cm³/mol. The lowest BCUT2D eigenvalue weighted by Gasteiger charge is -2.16. The molecule has 4 aromatic rings. The van der Waals surface area contributed by atoms with Crippen LogP contribution in [0.25, 0.3) is 21.9 Å². The van der Waals surface area contributed by atoms with Gasteiger partial charge in [-0.1, -0.05) is 23.7 Å². The lowest BCUT2D eigenvalue weighted by Crippen LogP contribution is -2.02. The number of nitrogens with zero attached hydrogens (tertiary/aromatic N) is 2. The van der Waals surface area contributed by atoms with Gasteiger partial charge in [0.15, 0.2) is 5.82 Å². The Morgan fingerprint density at radius 3 is 2.67 bits per heavy atom. The number of pyridine rings is 1. The summed E-state index contributed by atoms with van der Waals surface area (Å²) < 4.78 is 5.41. The van der Waals surface area contributed by atoms with Gasteiger partial charge in [-0.15, -0.1) is 0 Å². The van der Waals surface area contributed by atoms with Crippen molar-refractivity contribution >= 4 is 39.8 Å². The van der Waals surface area contributed by atoms with Crippen LogP contribution in [0.3, 0.4) is 0 Å². The zero-order chi connectivity index (χ0) is 19.0. The molecule has 0 aliphatic rings. The molecular formula is C20H18ClN5O. The van der Waals surface area contributed by atoms with E-state index < -0.39 is 0 Å². The van der Waals surface area contributed by atoms with Crippen LogP contribution in [0.2, 0.25) is 5.02 Å². The highest BCUT2D eigenvalue weighted by Crippen LogP contribution is 2.39. The quantitative estimate of drug-likeness (QED) is 0.468. The van der Waals surface area contributed by atoms with E-state index in [2.05, 4.69) is 20.5 Å². The second-order valence-electron chi connectivity index (χ2n) is 6.20. The number of methoxy groups -OCH3 is 1. The zero-order valence-corrected chi connectivity index (χ0v) is 15.6. The number of nitrogens with one attached hydrogen (secondary N) is 2. The summed E-state index contributed by atoms with van der Waals surface area (Å²) in [6, 6.07) is 15.2. The summed E-state index contributed by atoms with van der Waals surface area (Å²) >= 11 is 6.24. The van der Waals surface area contributed by atoms with Crippen LogP contribution in [-0.2, 0) is 0 Å². The van der Waals surface area contributed by atoms with Gasteiger partial charge >= 0.3 is 0 Å². The van der Waals surface area contributed by atoms with Gasteiger partial charge < -0.3 is 15.8 Å². The van der Waals surface area contributed by atoms with E-state index in [1.807, 2.05) is 55.5 Å². The van der Waals surface area contributed by atoms with E-state index in [4.69, 9.17) is 22.1 Å². The summed E-state index contributed by atoms with van der Waals surface area (Å²) in [5, 5.41) is 12.8. The summed E-state index contributed by atoms with van der Waals surface area (Å²) in [6.07, 6.45) is 0. The average molecular weight is 380 g/mol. The SMILES string of the molecule is COc1ccc2c(N)nc(Nc3cc(C)[nH]n3)c(-c3cccc(Cl)c3)c2c1. The highest BCUT2D eigenvalue weighted by atomic mass is 35.5. The Hall–Kier alpha value is -3.25. The number of aromatic amines is 1. The van der Waals surface area contributed by atoms with Gasteiger partial charge in [0.2, 0.25) is 0 Å². The maximum absolute atomic E-state index is 6.24. The largest absolute Gasteiger partial charge is 0.497 e. The molecule has 2 aromatic heterocycles. The van der Waals surface area contributed by atoms with Crippen molar-refractivity contribution in [2.45, 2.75) is 6.92 Å². The Morgan fingerprint density at radius 1 is 1.11 bits per heavy atom. The van der Waals surface area contributed by atoms with Gasteiger partial charge in [-0.3, -0.25) is 5.10 Å². The minimum absolute atomic E-state index is 0.424. The van der Waals surface area contributed by atoms with Crippen LogP contribution < -0.4 is 15.8 Å². The topological polar surface area (TPSA) is 88.9 Å². The number of nitrogens with two attached hydrogens (primary N) is 1. The molecule has 0 saturated heterocycles. The number of rotatable bonds is 4. The van der Waals surface area contributed by atoms with Gasteiger partial charge in [-0.05, 0) is 42.8 Å². The van der Waals surface area contributed by atoms with Crippen LogP contribution in [0.5, 0.6) is 5.75 Å². The Labute approximate surface area is 161 Å². The highest BCUT2D eigenvalue weighted by Gasteiger charge is 2.16. The van der Waals surface area contributed by atoms with E-state index in [-0.39, 0.29) is 0 Å². The third-order valence-corrected chi connectivity index (χ3v) is 4.54. The molecule has 6 nitrogen and oxygen atoms in total. The fraction of sp³-hybridized carbons (Fsp3) is 0.100. The molecule has 0 aliphatic carbocycles. The Kier molecular flexibility index (Phi) is 4.33. The van der Waals surface area contributed by atoms with Crippen LogP contribution in [-0.4, -0.2) is 22.3 Å². The fourth-order valence-corrected chi connectivity index (χ4v) is 3.26. The minimum atomic E-state index is 0.424. The van der Waals surface area contributed by atoms with Crippen LogP contribution in [0.15, 0.2) is 48.5 Å². The molecule has 0 saturated carbocycles. The number of nitrogen functional groups attached to an aromatic ring is 1. The first kappa shape index (κ1) is 17.2. The molecule has 27 heavy (non-hydrogen) atoms. The molecular weight excluding hydrogens is 362 g/mol. The van der Waals surface area contributed by atoms with E-state index >= 15 is 0 Å².